The number of ether oxygens (including phenoxy) is 1. The Balaban J connectivity index is 1.54. The predicted octanol–water partition coefficient (Wildman–Crippen LogP) is 4.83. The number of hydrogen-bond donors (Lipinski definition) is 1. The van der Waals surface area contributed by atoms with Gasteiger partial charge < -0.3 is 14.5 Å². The van der Waals surface area contributed by atoms with E-state index in [0.29, 0.717) is 16.7 Å². The molecule has 31 heavy (non-hydrogen) atoms. The molecule has 0 saturated heterocycles. The highest BCUT2D eigenvalue weighted by atomic mass is 32.2. The van der Waals surface area contributed by atoms with E-state index < -0.39 is 0 Å². The number of methoxy groups -OCH3 is 1. The second-order valence-corrected chi connectivity index (χ2v) is 7.65. The Morgan fingerprint density at radius 2 is 1.87 bits per heavy atom. The van der Waals surface area contributed by atoms with Crippen molar-refractivity contribution in [2.24, 2.45) is 0 Å². The summed E-state index contributed by atoms with van der Waals surface area (Å²) in [5.41, 5.74) is 2.84. The summed E-state index contributed by atoms with van der Waals surface area (Å²) >= 11 is 1.31. The molecule has 7 nitrogen and oxygen atoms in total. The van der Waals surface area contributed by atoms with E-state index >= 15 is 0 Å². The van der Waals surface area contributed by atoms with Crippen molar-refractivity contribution >= 4 is 23.4 Å². The number of hydrogen-bond acceptors (Lipinski definition) is 6. The van der Waals surface area contributed by atoms with Crippen LogP contribution in [0.3, 0.4) is 0 Å². The summed E-state index contributed by atoms with van der Waals surface area (Å²) in [6.07, 6.45) is 2.55. The molecule has 0 fully saturated rings. The van der Waals surface area contributed by atoms with Gasteiger partial charge >= 0.3 is 0 Å². The number of thioether (sulfide) groups is 1. The van der Waals surface area contributed by atoms with Crippen LogP contribution in [0.1, 0.15) is 12.5 Å². The zero-order chi connectivity index (χ0) is 21.6. The van der Waals surface area contributed by atoms with Crippen molar-refractivity contribution in [2.45, 2.75) is 18.5 Å². The van der Waals surface area contributed by atoms with Crippen LogP contribution in [0.4, 0.5) is 5.69 Å². The summed E-state index contributed by atoms with van der Waals surface area (Å²) < 4.78 is 12.6. The minimum Gasteiger partial charge on any atom is -0.497 e. The number of aryl methyl sites for hydroxylation is 1. The number of nitrogens with one attached hydrogen (secondary N) is 1. The number of nitrogens with zero attached hydrogens (tertiary/aromatic N) is 3. The number of carbonyl (C=O) groups is 1. The highest BCUT2D eigenvalue weighted by Gasteiger charge is 2.19. The van der Waals surface area contributed by atoms with Gasteiger partial charge in [-0.05, 0) is 60.5 Å². The van der Waals surface area contributed by atoms with Crippen molar-refractivity contribution in [3.8, 4) is 23.0 Å². The van der Waals surface area contributed by atoms with Crippen molar-refractivity contribution < 1.29 is 13.9 Å². The quantitative estimate of drug-likeness (QED) is 0.400. The molecule has 2 heterocycles. The Morgan fingerprint density at radius 1 is 1.10 bits per heavy atom. The smallest absolute Gasteiger partial charge is 0.234 e. The van der Waals surface area contributed by atoms with Gasteiger partial charge in [-0.2, -0.15) is 0 Å². The number of aromatic nitrogens is 3. The fourth-order valence-electron chi connectivity index (χ4n) is 3.04. The van der Waals surface area contributed by atoms with Crippen LogP contribution in [0.5, 0.6) is 5.75 Å². The summed E-state index contributed by atoms with van der Waals surface area (Å²) in [4.78, 5) is 12.5. The molecule has 0 saturated carbocycles. The van der Waals surface area contributed by atoms with E-state index in [1.807, 2.05) is 59.2 Å². The predicted molar refractivity (Wildman–Crippen MR) is 121 cm³/mol. The molecule has 158 valence electrons. The number of anilines is 1. The van der Waals surface area contributed by atoms with E-state index in [9.17, 15) is 4.79 Å². The number of amides is 1. The molecule has 0 spiro atoms. The zero-order valence-corrected chi connectivity index (χ0v) is 18.1. The molecule has 8 heteroatoms. The monoisotopic (exact) mass is 434 g/mol. The normalized spacial score (nSPS) is 10.8. The van der Waals surface area contributed by atoms with E-state index in [4.69, 9.17) is 9.15 Å². The molecule has 4 rings (SSSR count). The van der Waals surface area contributed by atoms with Crippen molar-refractivity contribution in [1.82, 2.24) is 14.8 Å². The minimum atomic E-state index is -0.113. The summed E-state index contributed by atoms with van der Waals surface area (Å²) in [6, 6.07) is 19.0. The summed E-state index contributed by atoms with van der Waals surface area (Å²) in [5, 5.41) is 12.1. The molecule has 0 aliphatic rings. The molecule has 0 bridgehead atoms. The SMILES string of the molecule is CCc1ccc(NC(=O)CSc2nnc(-c3ccco3)n2-c2ccc(OC)cc2)cc1. The molecular formula is C23H22N4O3S. The van der Waals surface area contributed by atoms with Gasteiger partial charge in [-0.1, -0.05) is 30.8 Å². The Hall–Kier alpha value is -3.52. The fraction of sp³-hybridized carbons (Fsp3) is 0.174. The molecule has 0 aliphatic heterocycles. The van der Waals surface area contributed by atoms with Crippen LogP contribution in [0.25, 0.3) is 17.3 Å². The molecular weight excluding hydrogens is 412 g/mol. The van der Waals surface area contributed by atoms with E-state index in [2.05, 4.69) is 22.4 Å². The molecule has 0 unspecified atom stereocenters. The summed E-state index contributed by atoms with van der Waals surface area (Å²) in [5.74, 6) is 1.99. The lowest BCUT2D eigenvalue weighted by atomic mass is 10.1. The zero-order valence-electron chi connectivity index (χ0n) is 17.2. The van der Waals surface area contributed by atoms with Crippen LogP contribution >= 0.6 is 11.8 Å². The lowest BCUT2D eigenvalue weighted by Crippen LogP contribution is -2.14. The van der Waals surface area contributed by atoms with Gasteiger partial charge in [0.2, 0.25) is 11.7 Å². The first-order valence-corrected chi connectivity index (χ1v) is 10.8. The molecule has 0 atom stereocenters. The van der Waals surface area contributed by atoms with Gasteiger partial charge in [-0.15, -0.1) is 10.2 Å². The van der Waals surface area contributed by atoms with Crippen LogP contribution in [0.15, 0.2) is 76.5 Å². The maximum Gasteiger partial charge on any atom is 0.234 e. The molecule has 0 radical (unpaired) electrons. The Kier molecular flexibility index (Phi) is 6.37. The van der Waals surface area contributed by atoms with Gasteiger partial charge in [0.25, 0.3) is 0 Å². The van der Waals surface area contributed by atoms with Crippen molar-refractivity contribution in [2.75, 3.05) is 18.2 Å². The maximum absolute atomic E-state index is 12.5. The standard InChI is InChI=1S/C23H22N4O3S/c1-3-16-6-8-17(9-7-16)24-21(28)15-31-23-26-25-22(20-5-4-14-30-20)27(23)18-10-12-19(29-2)13-11-18/h4-14H,3,15H2,1-2H3,(H,24,28). The van der Waals surface area contributed by atoms with E-state index in [1.165, 1.54) is 17.3 Å². The lowest BCUT2D eigenvalue weighted by molar-refractivity contribution is -0.113. The van der Waals surface area contributed by atoms with Crippen LogP contribution in [-0.2, 0) is 11.2 Å². The highest BCUT2D eigenvalue weighted by molar-refractivity contribution is 7.99. The lowest BCUT2D eigenvalue weighted by Gasteiger charge is -2.10. The average molecular weight is 435 g/mol. The highest BCUT2D eigenvalue weighted by Crippen LogP contribution is 2.29. The van der Waals surface area contributed by atoms with E-state index in [0.717, 1.165) is 23.5 Å². The van der Waals surface area contributed by atoms with Crippen LogP contribution in [0.2, 0.25) is 0 Å². The Morgan fingerprint density at radius 3 is 2.52 bits per heavy atom. The first-order chi connectivity index (χ1) is 15.2. The van der Waals surface area contributed by atoms with Crippen molar-refractivity contribution in [3.63, 3.8) is 0 Å². The van der Waals surface area contributed by atoms with E-state index in [1.54, 1.807) is 19.4 Å². The summed E-state index contributed by atoms with van der Waals surface area (Å²) in [6.45, 7) is 2.10. The first kappa shape index (κ1) is 20.7. The molecule has 0 aliphatic carbocycles. The molecule has 2 aromatic heterocycles. The van der Waals surface area contributed by atoms with Gasteiger partial charge in [0.15, 0.2) is 10.9 Å². The third-order valence-electron chi connectivity index (χ3n) is 4.68. The molecule has 2 aromatic carbocycles. The minimum absolute atomic E-state index is 0.113. The summed E-state index contributed by atoms with van der Waals surface area (Å²) in [7, 11) is 1.62. The molecule has 1 N–H and O–H groups in total. The molecule has 4 aromatic rings. The topological polar surface area (TPSA) is 82.2 Å². The van der Waals surface area contributed by atoms with Crippen LogP contribution < -0.4 is 10.1 Å². The second-order valence-electron chi connectivity index (χ2n) is 6.70. The maximum atomic E-state index is 12.5. The van der Waals surface area contributed by atoms with Crippen molar-refractivity contribution in [3.05, 3.63) is 72.5 Å². The van der Waals surface area contributed by atoms with Gasteiger partial charge in [-0.3, -0.25) is 9.36 Å². The van der Waals surface area contributed by atoms with Crippen molar-refractivity contribution in [1.29, 1.82) is 0 Å². The van der Waals surface area contributed by atoms with Gasteiger partial charge in [0.1, 0.15) is 5.75 Å². The largest absolute Gasteiger partial charge is 0.497 e. The van der Waals surface area contributed by atoms with Gasteiger partial charge in [-0.25, -0.2) is 0 Å². The van der Waals surface area contributed by atoms with Gasteiger partial charge in [0, 0.05) is 5.69 Å². The average Bonchev–Trinajstić information content (AvgIpc) is 3.48. The van der Waals surface area contributed by atoms with Gasteiger partial charge in [0.05, 0.1) is 24.8 Å². The van der Waals surface area contributed by atoms with Crippen LogP contribution in [-0.4, -0.2) is 33.5 Å². The fourth-order valence-corrected chi connectivity index (χ4v) is 3.80. The first-order valence-electron chi connectivity index (χ1n) is 9.83. The number of benzene rings is 2. The van der Waals surface area contributed by atoms with E-state index in [-0.39, 0.29) is 11.7 Å². The Bertz CT molecular complexity index is 1140. The third kappa shape index (κ3) is 4.80. The Labute approximate surface area is 184 Å². The van der Waals surface area contributed by atoms with Crippen LogP contribution in [0, 0.1) is 0 Å². The molecule has 1 amide bonds. The third-order valence-corrected chi connectivity index (χ3v) is 5.61. The second kappa shape index (κ2) is 9.53. The number of rotatable bonds is 8. The number of furan rings is 1. The number of carbonyl (C=O) groups excluding carboxylic acids is 1.